The van der Waals surface area contributed by atoms with Gasteiger partial charge in [-0.05, 0) is 71.2 Å². The predicted octanol–water partition coefficient (Wildman–Crippen LogP) is 9.14. The van der Waals surface area contributed by atoms with Gasteiger partial charge in [0.2, 0.25) is 0 Å². The third kappa shape index (κ3) is 4.79. The van der Waals surface area contributed by atoms with E-state index in [0.717, 1.165) is 59.1 Å². The average Bonchev–Trinajstić information content (AvgIpc) is 2.96. The Balaban J connectivity index is 1.78. The van der Waals surface area contributed by atoms with Gasteiger partial charge in [-0.15, -0.1) is 13.2 Å². The molecule has 4 aromatic carbocycles. The van der Waals surface area contributed by atoms with E-state index in [0.29, 0.717) is 24.3 Å². The Kier molecular flexibility index (Phi) is 7.51. The van der Waals surface area contributed by atoms with Crippen LogP contribution in [0.25, 0.3) is 22.3 Å². The first kappa shape index (κ1) is 25.6. The smallest absolute Gasteiger partial charge is 0.126 e. The molecule has 2 nitrogen and oxygen atoms in total. The van der Waals surface area contributed by atoms with Crippen LogP contribution in [0.4, 0.5) is 0 Å². The molecule has 0 saturated heterocycles. The van der Waals surface area contributed by atoms with Crippen LogP contribution in [-0.2, 0) is 18.3 Å². The molecule has 5 rings (SSSR count). The van der Waals surface area contributed by atoms with Crippen molar-refractivity contribution in [3.8, 4) is 33.8 Å². The van der Waals surface area contributed by atoms with Gasteiger partial charge in [0.1, 0.15) is 11.5 Å². The molecular formula is C36H36O2. The summed E-state index contributed by atoms with van der Waals surface area (Å²) in [4.78, 5) is 0. The number of aromatic hydroxyl groups is 2. The zero-order valence-electron chi connectivity index (χ0n) is 22.0. The molecule has 0 bridgehead atoms. The summed E-state index contributed by atoms with van der Waals surface area (Å²) >= 11 is 0. The van der Waals surface area contributed by atoms with Crippen molar-refractivity contribution >= 4 is 0 Å². The van der Waals surface area contributed by atoms with Crippen LogP contribution in [0, 0.1) is 0 Å². The molecule has 1 fully saturated rings. The summed E-state index contributed by atoms with van der Waals surface area (Å²) in [6.45, 7) is 7.91. The Bertz CT molecular complexity index is 1320. The number of phenolic OH excluding ortho intramolecular Hbond substituents is 2. The fourth-order valence-electron chi connectivity index (χ4n) is 6.14. The van der Waals surface area contributed by atoms with E-state index in [1.54, 1.807) is 0 Å². The van der Waals surface area contributed by atoms with Gasteiger partial charge in [-0.3, -0.25) is 0 Å². The summed E-state index contributed by atoms with van der Waals surface area (Å²) < 4.78 is 0. The molecule has 0 aliphatic heterocycles. The minimum Gasteiger partial charge on any atom is -0.507 e. The van der Waals surface area contributed by atoms with Gasteiger partial charge >= 0.3 is 0 Å². The first-order chi connectivity index (χ1) is 18.6. The minimum absolute atomic E-state index is 0.224. The van der Waals surface area contributed by atoms with Gasteiger partial charge in [-0.25, -0.2) is 0 Å². The highest BCUT2D eigenvalue weighted by molar-refractivity contribution is 5.76. The van der Waals surface area contributed by atoms with Gasteiger partial charge in [-0.2, -0.15) is 0 Å². The van der Waals surface area contributed by atoms with Gasteiger partial charge in [0.15, 0.2) is 0 Å². The van der Waals surface area contributed by atoms with Gasteiger partial charge in [0, 0.05) is 16.5 Å². The standard InChI is InChI=1S/C36H36O2/c1-3-14-28-22-30(24-32(34(28)37)26-16-8-5-9-17-26)36(20-12-7-13-21-36)31-23-29(15-4-2)35(38)33(25-31)27-18-10-6-11-19-27/h3-6,8-11,16-19,22-25,37-38H,1-2,7,12-15,20-21H2. The van der Waals surface area contributed by atoms with E-state index >= 15 is 0 Å². The topological polar surface area (TPSA) is 40.5 Å². The third-order valence-corrected chi connectivity index (χ3v) is 8.09. The highest BCUT2D eigenvalue weighted by Gasteiger charge is 2.37. The van der Waals surface area contributed by atoms with Crippen molar-refractivity contribution in [3.63, 3.8) is 0 Å². The normalized spacial score (nSPS) is 14.6. The highest BCUT2D eigenvalue weighted by Crippen LogP contribution is 2.50. The van der Waals surface area contributed by atoms with Crippen molar-refractivity contribution in [2.75, 3.05) is 0 Å². The predicted molar refractivity (Wildman–Crippen MR) is 159 cm³/mol. The number of benzene rings is 4. The van der Waals surface area contributed by atoms with Crippen molar-refractivity contribution in [1.82, 2.24) is 0 Å². The molecule has 1 aliphatic rings. The average molecular weight is 501 g/mol. The summed E-state index contributed by atoms with van der Waals surface area (Å²) in [7, 11) is 0. The van der Waals surface area contributed by atoms with Crippen molar-refractivity contribution < 1.29 is 10.2 Å². The van der Waals surface area contributed by atoms with Gasteiger partial charge in [-0.1, -0.05) is 104 Å². The zero-order valence-corrected chi connectivity index (χ0v) is 22.0. The molecule has 192 valence electrons. The number of hydrogen-bond donors (Lipinski definition) is 2. The molecule has 0 aromatic heterocycles. The lowest BCUT2D eigenvalue weighted by atomic mass is 9.64. The Morgan fingerprint density at radius 1 is 0.605 bits per heavy atom. The molecule has 1 aliphatic carbocycles. The summed E-state index contributed by atoms with van der Waals surface area (Å²) in [5.41, 5.74) is 7.75. The quantitative estimate of drug-likeness (QED) is 0.237. The maximum absolute atomic E-state index is 11.3. The molecule has 38 heavy (non-hydrogen) atoms. The van der Waals surface area contributed by atoms with E-state index in [1.807, 2.05) is 48.6 Å². The Hall–Kier alpha value is -4.04. The highest BCUT2D eigenvalue weighted by atomic mass is 16.3. The SMILES string of the molecule is C=CCc1cc(C2(c3cc(CC=C)c(O)c(-c4ccccc4)c3)CCCCC2)cc(-c2ccccc2)c1O. The Morgan fingerprint density at radius 2 is 1.03 bits per heavy atom. The summed E-state index contributed by atoms with van der Waals surface area (Å²) in [6.07, 6.45) is 10.4. The molecule has 4 aromatic rings. The molecule has 0 unspecified atom stereocenters. The molecule has 0 heterocycles. The van der Waals surface area contributed by atoms with Gasteiger partial charge < -0.3 is 10.2 Å². The van der Waals surface area contributed by atoms with Gasteiger partial charge in [0.05, 0.1) is 0 Å². The molecule has 2 N–H and O–H groups in total. The lowest BCUT2D eigenvalue weighted by molar-refractivity contribution is 0.345. The first-order valence-corrected chi connectivity index (χ1v) is 13.6. The molecular weight excluding hydrogens is 464 g/mol. The molecule has 1 saturated carbocycles. The second-order valence-corrected chi connectivity index (χ2v) is 10.4. The van der Waals surface area contributed by atoms with E-state index in [4.69, 9.17) is 0 Å². The fraction of sp³-hybridized carbons (Fsp3) is 0.222. The largest absolute Gasteiger partial charge is 0.507 e. The van der Waals surface area contributed by atoms with E-state index in [-0.39, 0.29) is 5.41 Å². The van der Waals surface area contributed by atoms with Crippen molar-refractivity contribution in [2.24, 2.45) is 0 Å². The molecule has 2 heteroatoms. The second-order valence-electron chi connectivity index (χ2n) is 10.4. The van der Waals surface area contributed by atoms with Crippen LogP contribution < -0.4 is 0 Å². The molecule has 0 radical (unpaired) electrons. The summed E-state index contributed by atoms with van der Waals surface area (Å²) in [5, 5.41) is 22.6. The van der Waals surface area contributed by atoms with Gasteiger partial charge in [0.25, 0.3) is 0 Å². The minimum atomic E-state index is -0.224. The number of hydrogen-bond acceptors (Lipinski definition) is 2. The lowest BCUT2D eigenvalue weighted by Gasteiger charge is -2.40. The van der Waals surface area contributed by atoms with Crippen molar-refractivity contribution in [3.05, 3.63) is 132 Å². The second kappa shape index (κ2) is 11.1. The van der Waals surface area contributed by atoms with E-state index in [1.165, 1.54) is 17.5 Å². The maximum atomic E-state index is 11.3. The van der Waals surface area contributed by atoms with Crippen molar-refractivity contribution in [1.29, 1.82) is 0 Å². The van der Waals surface area contributed by atoms with E-state index in [2.05, 4.69) is 61.7 Å². The van der Waals surface area contributed by atoms with E-state index < -0.39 is 0 Å². The fourth-order valence-corrected chi connectivity index (χ4v) is 6.14. The molecule has 0 amide bonds. The van der Waals surface area contributed by atoms with Crippen LogP contribution in [0.15, 0.2) is 110 Å². The zero-order chi connectivity index (χ0) is 26.5. The van der Waals surface area contributed by atoms with Crippen LogP contribution in [0.5, 0.6) is 11.5 Å². The number of allylic oxidation sites excluding steroid dienone is 2. The monoisotopic (exact) mass is 500 g/mol. The molecule has 0 atom stereocenters. The van der Waals surface area contributed by atoms with E-state index in [9.17, 15) is 10.2 Å². The van der Waals surface area contributed by atoms with Crippen molar-refractivity contribution in [2.45, 2.75) is 50.4 Å². The number of phenols is 2. The maximum Gasteiger partial charge on any atom is 0.126 e. The Morgan fingerprint density at radius 3 is 1.42 bits per heavy atom. The summed E-state index contributed by atoms with van der Waals surface area (Å²) in [5.74, 6) is 0.655. The Labute approximate surface area is 226 Å². The number of rotatable bonds is 8. The molecule has 0 spiro atoms. The summed E-state index contributed by atoms with van der Waals surface area (Å²) in [6, 6.07) is 29.1. The first-order valence-electron chi connectivity index (χ1n) is 13.6. The van der Waals surface area contributed by atoms with Crippen LogP contribution in [0.2, 0.25) is 0 Å². The van der Waals surface area contributed by atoms with Crippen LogP contribution >= 0.6 is 0 Å². The van der Waals surface area contributed by atoms with Crippen LogP contribution in [0.1, 0.15) is 54.4 Å². The van der Waals surface area contributed by atoms with Crippen LogP contribution in [-0.4, -0.2) is 10.2 Å². The third-order valence-electron chi connectivity index (χ3n) is 8.09. The lowest BCUT2D eigenvalue weighted by Crippen LogP contribution is -2.31. The van der Waals surface area contributed by atoms with Crippen LogP contribution in [0.3, 0.4) is 0 Å².